The highest BCUT2D eigenvalue weighted by Gasteiger charge is 2.26. The molecule has 0 aliphatic rings. The van der Waals surface area contributed by atoms with Gasteiger partial charge in [-0.3, -0.25) is 4.79 Å². The van der Waals surface area contributed by atoms with Gasteiger partial charge in [0.15, 0.2) is 0 Å². The monoisotopic (exact) mass is 309 g/mol. The van der Waals surface area contributed by atoms with Crippen molar-refractivity contribution in [3.8, 4) is 0 Å². The second kappa shape index (κ2) is 6.41. The molecule has 0 spiro atoms. The lowest BCUT2D eigenvalue weighted by atomic mass is 10.0. The van der Waals surface area contributed by atoms with Crippen LogP contribution in [0.2, 0.25) is 9.36 Å². The summed E-state index contributed by atoms with van der Waals surface area (Å²) in [5.41, 5.74) is 0. The Morgan fingerprint density at radius 2 is 2.00 bits per heavy atom. The summed E-state index contributed by atoms with van der Waals surface area (Å²) in [6, 6.07) is 0.778. The van der Waals surface area contributed by atoms with E-state index in [1.807, 2.05) is 13.8 Å². The van der Waals surface area contributed by atoms with Gasteiger partial charge in [0, 0.05) is 0 Å². The second-order valence-electron chi connectivity index (χ2n) is 3.95. The van der Waals surface area contributed by atoms with Crippen molar-refractivity contribution in [1.29, 1.82) is 0 Å². The van der Waals surface area contributed by atoms with Crippen LogP contribution in [-0.4, -0.2) is 25.0 Å². The Morgan fingerprint density at radius 1 is 1.39 bits per heavy atom. The Morgan fingerprint density at radius 3 is 2.39 bits per heavy atom. The number of ether oxygens (including phenoxy) is 1. The fraction of sp³-hybridized carbons (Fsp3) is 0.455. The van der Waals surface area contributed by atoms with E-state index in [0.29, 0.717) is 14.2 Å². The fourth-order valence-corrected chi connectivity index (χ4v) is 2.57. The van der Waals surface area contributed by atoms with Crippen LogP contribution in [0.4, 0.5) is 0 Å². The van der Waals surface area contributed by atoms with E-state index < -0.39 is 17.9 Å². The maximum absolute atomic E-state index is 11.9. The Labute approximate surface area is 119 Å². The van der Waals surface area contributed by atoms with Crippen molar-refractivity contribution in [2.24, 2.45) is 5.92 Å². The van der Waals surface area contributed by atoms with Crippen LogP contribution in [0.15, 0.2) is 6.07 Å². The number of hydrogen-bond acceptors (Lipinski definition) is 4. The minimum atomic E-state index is -0.692. The number of carbonyl (C=O) groups excluding carboxylic acids is 2. The van der Waals surface area contributed by atoms with Gasteiger partial charge in [0.1, 0.15) is 10.4 Å². The first-order chi connectivity index (χ1) is 8.36. The molecule has 7 heteroatoms. The van der Waals surface area contributed by atoms with Crippen LogP contribution in [-0.2, 0) is 9.53 Å². The van der Waals surface area contributed by atoms with E-state index in [2.05, 4.69) is 10.1 Å². The van der Waals surface area contributed by atoms with Gasteiger partial charge in [0.25, 0.3) is 5.91 Å². The standard InChI is InChI=1S/C11H13Cl2NO3S/c1-5(2)8(11(16)17-3)14-10(15)7-4-6(12)9(13)18-7/h4-5,8H,1-3H3,(H,14,15)/t8-/m0/s1. The molecule has 18 heavy (non-hydrogen) atoms. The van der Waals surface area contributed by atoms with Gasteiger partial charge in [-0.1, -0.05) is 37.0 Å². The summed E-state index contributed by atoms with van der Waals surface area (Å²) in [4.78, 5) is 23.8. The van der Waals surface area contributed by atoms with Gasteiger partial charge < -0.3 is 10.1 Å². The van der Waals surface area contributed by atoms with Gasteiger partial charge in [-0.15, -0.1) is 11.3 Å². The average Bonchev–Trinajstić information content (AvgIpc) is 2.65. The minimum absolute atomic E-state index is 0.0766. The first-order valence-electron chi connectivity index (χ1n) is 5.20. The van der Waals surface area contributed by atoms with E-state index in [-0.39, 0.29) is 5.92 Å². The SMILES string of the molecule is COC(=O)[C@@H](NC(=O)c1cc(Cl)c(Cl)s1)C(C)C. The van der Waals surface area contributed by atoms with Gasteiger partial charge in [-0.25, -0.2) is 4.79 Å². The van der Waals surface area contributed by atoms with Gasteiger partial charge in [0.2, 0.25) is 0 Å². The number of nitrogens with one attached hydrogen (secondary N) is 1. The third-order valence-electron chi connectivity index (χ3n) is 2.28. The van der Waals surface area contributed by atoms with Crippen molar-refractivity contribution in [2.75, 3.05) is 7.11 Å². The predicted molar refractivity (Wildman–Crippen MR) is 72.4 cm³/mol. The molecule has 1 aromatic heterocycles. The maximum atomic E-state index is 11.9. The molecule has 1 heterocycles. The van der Waals surface area contributed by atoms with Crippen molar-refractivity contribution >= 4 is 46.4 Å². The summed E-state index contributed by atoms with van der Waals surface area (Å²) in [6.45, 7) is 3.63. The van der Waals surface area contributed by atoms with Crippen LogP contribution in [0, 0.1) is 5.92 Å². The normalized spacial score (nSPS) is 12.3. The van der Waals surface area contributed by atoms with Gasteiger partial charge in [0.05, 0.1) is 17.0 Å². The van der Waals surface area contributed by atoms with Crippen molar-refractivity contribution in [2.45, 2.75) is 19.9 Å². The Bertz CT molecular complexity index is 440. The summed E-state index contributed by atoms with van der Waals surface area (Å²) in [5.74, 6) is -0.947. The zero-order chi connectivity index (χ0) is 13.9. The number of rotatable bonds is 4. The number of amides is 1. The number of halogens is 2. The predicted octanol–water partition coefficient (Wildman–Crippen LogP) is 2.98. The molecule has 1 aromatic rings. The highest BCUT2D eigenvalue weighted by atomic mass is 35.5. The van der Waals surface area contributed by atoms with E-state index in [1.165, 1.54) is 13.2 Å². The molecule has 0 radical (unpaired) electrons. The van der Waals surface area contributed by atoms with Crippen LogP contribution >= 0.6 is 34.5 Å². The molecular formula is C11H13Cl2NO3S. The number of methoxy groups -OCH3 is 1. The molecule has 0 aliphatic carbocycles. The smallest absolute Gasteiger partial charge is 0.328 e. The van der Waals surface area contributed by atoms with Gasteiger partial charge in [-0.05, 0) is 12.0 Å². The zero-order valence-electron chi connectivity index (χ0n) is 10.1. The Balaban J connectivity index is 2.81. The van der Waals surface area contributed by atoms with E-state index in [1.54, 1.807) is 0 Å². The number of thiophene rings is 1. The molecule has 0 fully saturated rings. The highest BCUT2D eigenvalue weighted by Crippen LogP contribution is 2.31. The summed E-state index contributed by atoms with van der Waals surface area (Å²) in [6.07, 6.45) is 0. The second-order valence-corrected chi connectivity index (χ2v) is 6.01. The topological polar surface area (TPSA) is 55.4 Å². The van der Waals surface area contributed by atoms with Crippen molar-refractivity contribution in [1.82, 2.24) is 5.32 Å². The lowest BCUT2D eigenvalue weighted by Gasteiger charge is -2.19. The minimum Gasteiger partial charge on any atom is -0.467 e. The molecule has 1 atom stereocenters. The molecule has 4 nitrogen and oxygen atoms in total. The molecular weight excluding hydrogens is 297 g/mol. The maximum Gasteiger partial charge on any atom is 0.328 e. The third kappa shape index (κ3) is 3.60. The van der Waals surface area contributed by atoms with E-state index in [0.717, 1.165) is 11.3 Å². The van der Waals surface area contributed by atoms with Crippen molar-refractivity contribution < 1.29 is 14.3 Å². The zero-order valence-corrected chi connectivity index (χ0v) is 12.4. The molecule has 0 saturated heterocycles. The van der Waals surface area contributed by atoms with Crippen LogP contribution in [0.1, 0.15) is 23.5 Å². The van der Waals surface area contributed by atoms with E-state index >= 15 is 0 Å². The summed E-state index contributed by atoms with van der Waals surface area (Å²) < 4.78 is 4.99. The van der Waals surface area contributed by atoms with Crippen molar-refractivity contribution in [3.05, 3.63) is 20.3 Å². The lowest BCUT2D eigenvalue weighted by molar-refractivity contribution is -0.144. The van der Waals surface area contributed by atoms with Gasteiger partial charge in [-0.2, -0.15) is 0 Å². The molecule has 1 amide bonds. The first-order valence-corrected chi connectivity index (χ1v) is 6.77. The number of hydrogen-bond donors (Lipinski definition) is 1. The summed E-state index contributed by atoms with van der Waals surface area (Å²) in [7, 11) is 1.28. The van der Waals surface area contributed by atoms with E-state index in [9.17, 15) is 9.59 Å². The van der Waals surface area contributed by atoms with Crippen LogP contribution in [0.5, 0.6) is 0 Å². The summed E-state index contributed by atoms with van der Waals surface area (Å²) in [5, 5.41) is 2.93. The molecule has 0 aliphatic heterocycles. The Kier molecular flexibility index (Phi) is 5.44. The third-order valence-corrected chi connectivity index (χ3v) is 4.14. The highest BCUT2D eigenvalue weighted by molar-refractivity contribution is 7.18. The molecule has 1 N–H and O–H groups in total. The fourth-order valence-electron chi connectivity index (χ4n) is 1.30. The summed E-state index contributed by atoms with van der Waals surface area (Å²) >= 11 is 12.6. The van der Waals surface area contributed by atoms with E-state index in [4.69, 9.17) is 23.2 Å². The molecule has 100 valence electrons. The molecule has 0 unspecified atom stereocenters. The quantitative estimate of drug-likeness (QED) is 0.870. The first kappa shape index (κ1) is 15.3. The molecule has 0 aromatic carbocycles. The van der Waals surface area contributed by atoms with Gasteiger partial charge >= 0.3 is 5.97 Å². The van der Waals surface area contributed by atoms with Crippen LogP contribution in [0.3, 0.4) is 0 Å². The van der Waals surface area contributed by atoms with Crippen LogP contribution < -0.4 is 5.32 Å². The molecule has 0 bridgehead atoms. The molecule has 0 saturated carbocycles. The number of esters is 1. The lowest BCUT2D eigenvalue weighted by Crippen LogP contribution is -2.44. The Hall–Kier alpha value is -0.780. The number of carbonyl (C=O) groups is 2. The molecule has 1 rings (SSSR count). The average molecular weight is 310 g/mol. The van der Waals surface area contributed by atoms with Crippen molar-refractivity contribution in [3.63, 3.8) is 0 Å². The van der Waals surface area contributed by atoms with Crippen LogP contribution in [0.25, 0.3) is 0 Å². The largest absolute Gasteiger partial charge is 0.467 e.